The molecule has 1 aromatic heterocycles. The van der Waals surface area contributed by atoms with Crippen LogP contribution >= 0.6 is 0 Å². The largest absolute Gasteiger partial charge is 0.618 e. The summed E-state index contributed by atoms with van der Waals surface area (Å²) in [5.74, 6) is 0. The summed E-state index contributed by atoms with van der Waals surface area (Å²) in [7, 11) is 0. The van der Waals surface area contributed by atoms with Crippen molar-refractivity contribution in [1.82, 2.24) is 4.98 Å². The van der Waals surface area contributed by atoms with Gasteiger partial charge in [-0.15, -0.1) is 0 Å². The fraction of sp³-hybridized carbons (Fsp3) is 0.0909. The molecule has 0 aliphatic carbocycles. The Bertz CT molecular complexity index is 505. The lowest BCUT2D eigenvalue weighted by Crippen LogP contribution is -2.36. The Hall–Kier alpha value is -2.10. The van der Waals surface area contributed by atoms with Crippen molar-refractivity contribution in [2.24, 2.45) is 0 Å². The van der Waals surface area contributed by atoms with Crippen molar-refractivity contribution in [1.29, 1.82) is 0 Å². The molecule has 2 rings (SSSR count). The van der Waals surface area contributed by atoms with E-state index in [1.807, 2.05) is 30.3 Å². The van der Waals surface area contributed by atoms with Crippen LogP contribution in [-0.2, 0) is 6.42 Å². The maximum absolute atomic E-state index is 11.3. The van der Waals surface area contributed by atoms with Crippen LogP contribution in [0.3, 0.4) is 0 Å². The van der Waals surface area contributed by atoms with Gasteiger partial charge in [0.05, 0.1) is 12.6 Å². The molecule has 4 nitrogen and oxygen atoms in total. The Kier molecular flexibility index (Phi) is 2.49. The lowest BCUT2D eigenvalue weighted by atomic mass is 10.1. The molecule has 2 aromatic rings. The zero-order valence-corrected chi connectivity index (χ0v) is 8.01. The average molecular weight is 202 g/mol. The topological polar surface area (TPSA) is 59.8 Å². The average Bonchev–Trinajstić information content (AvgIpc) is 2.24. The number of benzene rings is 1. The third-order valence-corrected chi connectivity index (χ3v) is 2.13. The van der Waals surface area contributed by atoms with E-state index in [0.717, 1.165) is 11.8 Å². The van der Waals surface area contributed by atoms with Crippen LogP contribution < -0.4 is 10.3 Å². The summed E-state index contributed by atoms with van der Waals surface area (Å²) in [4.78, 5) is 13.3. The maximum atomic E-state index is 11.3. The molecule has 0 saturated heterocycles. The molecular weight excluding hydrogens is 192 g/mol. The summed E-state index contributed by atoms with van der Waals surface area (Å²) in [6, 6.07) is 9.62. The van der Waals surface area contributed by atoms with Crippen LogP contribution in [0.4, 0.5) is 0 Å². The molecule has 0 spiro atoms. The van der Waals surface area contributed by atoms with Crippen LogP contribution in [0.25, 0.3) is 0 Å². The molecule has 0 radical (unpaired) electrons. The van der Waals surface area contributed by atoms with Gasteiger partial charge < -0.3 is 10.2 Å². The third-order valence-electron chi connectivity index (χ3n) is 2.13. The lowest BCUT2D eigenvalue weighted by Gasteiger charge is -2.02. The fourth-order valence-corrected chi connectivity index (χ4v) is 1.38. The highest BCUT2D eigenvalue weighted by Crippen LogP contribution is 2.03. The zero-order chi connectivity index (χ0) is 10.7. The highest BCUT2D eigenvalue weighted by Gasteiger charge is 2.06. The Balaban J connectivity index is 2.29. The van der Waals surface area contributed by atoms with Gasteiger partial charge in [-0.2, -0.15) is 4.73 Å². The van der Waals surface area contributed by atoms with E-state index in [4.69, 9.17) is 0 Å². The van der Waals surface area contributed by atoms with Gasteiger partial charge in [0.15, 0.2) is 0 Å². The predicted molar refractivity (Wildman–Crippen MR) is 55.3 cm³/mol. The van der Waals surface area contributed by atoms with Crippen LogP contribution in [0.2, 0.25) is 0 Å². The first-order valence-electron chi connectivity index (χ1n) is 4.60. The normalized spacial score (nSPS) is 10.1. The Morgan fingerprint density at radius 3 is 2.67 bits per heavy atom. The van der Waals surface area contributed by atoms with Crippen molar-refractivity contribution in [3.63, 3.8) is 0 Å². The number of aromatic nitrogens is 2. The molecular formula is C11H10N2O2. The lowest BCUT2D eigenvalue weighted by molar-refractivity contribution is -0.615. The van der Waals surface area contributed by atoms with Crippen molar-refractivity contribution in [2.75, 3.05) is 0 Å². The molecule has 1 N–H and O–H groups in total. The molecule has 0 aliphatic rings. The van der Waals surface area contributed by atoms with E-state index in [1.54, 1.807) is 0 Å². The molecule has 4 heteroatoms. The first-order chi connectivity index (χ1) is 7.25. The van der Waals surface area contributed by atoms with Gasteiger partial charge in [0.2, 0.25) is 11.9 Å². The van der Waals surface area contributed by atoms with Gasteiger partial charge in [-0.25, -0.2) is 0 Å². The molecule has 0 amide bonds. The minimum atomic E-state index is -0.387. The molecule has 0 unspecified atom stereocenters. The van der Waals surface area contributed by atoms with Crippen molar-refractivity contribution in [3.8, 4) is 0 Å². The molecule has 0 bridgehead atoms. The molecule has 0 atom stereocenters. The minimum Gasteiger partial charge on any atom is -0.618 e. The number of hydrogen-bond acceptors (Lipinski definition) is 2. The molecule has 0 aliphatic heterocycles. The highest BCUT2D eigenvalue weighted by molar-refractivity contribution is 5.18. The molecule has 0 saturated carbocycles. The van der Waals surface area contributed by atoms with E-state index in [9.17, 15) is 10.0 Å². The number of nitrogens with one attached hydrogen (secondary N) is 1. The van der Waals surface area contributed by atoms with Crippen LogP contribution in [0.1, 0.15) is 11.3 Å². The SMILES string of the molecule is O=c1c[n+]([O-])c(Cc2ccccc2)c[nH]1. The Morgan fingerprint density at radius 2 is 2.00 bits per heavy atom. The second-order valence-electron chi connectivity index (χ2n) is 3.26. The van der Waals surface area contributed by atoms with Crippen molar-refractivity contribution < 1.29 is 4.73 Å². The summed E-state index contributed by atoms with van der Waals surface area (Å²) in [6.07, 6.45) is 2.96. The molecule has 15 heavy (non-hydrogen) atoms. The van der Waals surface area contributed by atoms with Gasteiger partial charge in [-0.3, -0.25) is 4.79 Å². The van der Waals surface area contributed by atoms with Crippen molar-refractivity contribution in [2.45, 2.75) is 6.42 Å². The predicted octanol–water partition coefficient (Wildman–Crippen LogP) is 0.599. The molecule has 1 aromatic carbocycles. The van der Waals surface area contributed by atoms with Gasteiger partial charge in [-0.05, 0) is 5.56 Å². The van der Waals surface area contributed by atoms with E-state index in [0.29, 0.717) is 16.8 Å². The van der Waals surface area contributed by atoms with Gasteiger partial charge in [0, 0.05) is 0 Å². The quantitative estimate of drug-likeness (QED) is 0.572. The fourth-order valence-electron chi connectivity index (χ4n) is 1.38. The molecule has 1 heterocycles. The summed E-state index contributed by atoms with van der Waals surface area (Å²) in [6.45, 7) is 0. The maximum Gasteiger partial charge on any atom is 0.313 e. The van der Waals surface area contributed by atoms with Crippen molar-refractivity contribution >= 4 is 0 Å². The minimum absolute atomic E-state index is 0.387. The summed E-state index contributed by atoms with van der Waals surface area (Å²) >= 11 is 0. The first-order valence-corrected chi connectivity index (χ1v) is 4.60. The van der Waals surface area contributed by atoms with E-state index in [1.165, 1.54) is 6.20 Å². The van der Waals surface area contributed by atoms with E-state index < -0.39 is 0 Å². The third kappa shape index (κ3) is 2.22. The van der Waals surface area contributed by atoms with Gasteiger partial charge in [0.1, 0.15) is 0 Å². The second kappa shape index (κ2) is 3.96. The summed E-state index contributed by atoms with van der Waals surface area (Å²) in [5.41, 5.74) is 1.18. The smallest absolute Gasteiger partial charge is 0.313 e. The number of hydrogen-bond donors (Lipinski definition) is 1. The molecule has 0 fully saturated rings. The van der Waals surface area contributed by atoms with Gasteiger partial charge in [-0.1, -0.05) is 30.3 Å². The van der Waals surface area contributed by atoms with Crippen LogP contribution in [-0.4, -0.2) is 4.98 Å². The van der Waals surface area contributed by atoms with E-state index >= 15 is 0 Å². The Morgan fingerprint density at radius 1 is 1.27 bits per heavy atom. The highest BCUT2D eigenvalue weighted by atomic mass is 16.5. The zero-order valence-electron chi connectivity index (χ0n) is 8.01. The van der Waals surface area contributed by atoms with E-state index in [2.05, 4.69) is 4.98 Å². The van der Waals surface area contributed by atoms with E-state index in [-0.39, 0.29) is 5.56 Å². The first kappa shape index (κ1) is 9.45. The second-order valence-corrected chi connectivity index (χ2v) is 3.26. The number of aromatic amines is 1. The standard InChI is InChI=1S/C11H10N2O2/c14-11-8-13(15)10(7-12-11)6-9-4-2-1-3-5-9/h1-5,7-8H,6H2,(H,12,14). The van der Waals surface area contributed by atoms with Crippen LogP contribution in [0.5, 0.6) is 0 Å². The van der Waals surface area contributed by atoms with Crippen molar-refractivity contribution in [3.05, 3.63) is 69.5 Å². The van der Waals surface area contributed by atoms with Crippen LogP contribution in [0.15, 0.2) is 47.5 Å². The monoisotopic (exact) mass is 202 g/mol. The molecule has 76 valence electrons. The van der Waals surface area contributed by atoms with Gasteiger partial charge >= 0.3 is 5.56 Å². The number of nitrogens with zero attached hydrogens (tertiary/aromatic N) is 1. The summed E-state index contributed by atoms with van der Waals surface area (Å²) < 4.78 is 0.603. The Labute approximate surface area is 86.4 Å². The summed E-state index contributed by atoms with van der Waals surface area (Å²) in [5, 5.41) is 11.3. The van der Waals surface area contributed by atoms with Crippen LogP contribution in [0, 0.1) is 5.21 Å². The number of rotatable bonds is 2. The number of H-pyrrole nitrogens is 1. The van der Waals surface area contributed by atoms with Gasteiger partial charge in [0.25, 0.3) is 0 Å².